The van der Waals surface area contributed by atoms with Crippen LogP contribution in [0.2, 0.25) is 0 Å². The molecule has 1 unspecified atom stereocenters. The first-order chi connectivity index (χ1) is 8.22. The Morgan fingerprint density at radius 2 is 2.06 bits per heavy atom. The lowest BCUT2D eigenvalue weighted by Crippen LogP contribution is -2.16. The van der Waals surface area contributed by atoms with Gasteiger partial charge in [0, 0.05) is 5.88 Å². The van der Waals surface area contributed by atoms with E-state index in [0.717, 1.165) is 17.9 Å². The molecule has 3 heteroatoms. The van der Waals surface area contributed by atoms with Gasteiger partial charge < -0.3 is 0 Å². The van der Waals surface area contributed by atoms with Crippen molar-refractivity contribution in [2.45, 2.75) is 32.1 Å². The summed E-state index contributed by atoms with van der Waals surface area (Å²) in [4.78, 5) is 0. The van der Waals surface area contributed by atoms with Crippen molar-refractivity contribution in [1.82, 2.24) is 0 Å². The molecule has 1 fully saturated rings. The lowest BCUT2D eigenvalue weighted by molar-refractivity contribution is 0.368. The largest absolute Gasteiger partial charge is 0.206 e. The lowest BCUT2D eigenvalue weighted by atomic mass is 9.87. The van der Waals surface area contributed by atoms with Gasteiger partial charge in [-0.25, -0.2) is 4.39 Å². The maximum absolute atomic E-state index is 13.4. The summed E-state index contributed by atoms with van der Waals surface area (Å²) in [7, 11) is 0. The highest BCUT2D eigenvalue weighted by Crippen LogP contribution is 2.35. The van der Waals surface area contributed by atoms with E-state index < -0.39 is 0 Å². The van der Waals surface area contributed by atoms with Crippen molar-refractivity contribution in [3.8, 4) is 0 Å². The van der Waals surface area contributed by atoms with Crippen LogP contribution in [0, 0.1) is 17.7 Å². The first-order valence-electron chi connectivity index (χ1n) is 6.21. The summed E-state index contributed by atoms with van der Waals surface area (Å²) in [6.07, 6.45) is 6.09. The van der Waals surface area contributed by atoms with Crippen molar-refractivity contribution in [3.63, 3.8) is 0 Å². The Morgan fingerprint density at radius 1 is 1.35 bits per heavy atom. The van der Waals surface area contributed by atoms with Crippen molar-refractivity contribution >= 4 is 27.5 Å². The minimum absolute atomic E-state index is 0.178. The van der Waals surface area contributed by atoms with E-state index in [-0.39, 0.29) is 5.82 Å². The molecular formula is C14H17BrClF. The maximum Gasteiger partial charge on any atom is 0.137 e. The van der Waals surface area contributed by atoms with Crippen LogP contribution >= 0.6 is 27.5 Å². The van der Waals surface area contributed by atoms with Gasteiger partial charge >= 0.3 is 0 Å². The fourth-order valence-electron chi connectivity index (χ4n) is 2.76. The smallest absolute Gasteiger partial charge is 0.137 e. The van der Waals surface area contributed by atoms with Crippen molar-refractivity contribution in [1.29, 1.82) is 0 Å². The van der Waals surface area contributed by atoms with Crippen LogP contribution in [0.25, 0.3) is 0 Å². The van der Waals surface area contributed by atoms with Crippen molar-refractivity contribution < 1.29 is 4.39 Å². The van der Waals surface area contributed by atoms with Gasteiger partial charge in [0.05, 0.1) is 4.47 Å². The quantitative estimate of drug-likeness (QED) is 0.671. The fourth-order valence-corrected chi connectivity index (χ4v) is 3.55. The third kappa shape index (κ3) is 3.23. The monoisotopic (exact) mass is 318 g/mol. The van der Waals surface area contributed by atoms with E-state index in [2.05, 4.69) is 15.9 Å². The van der Waals surface area contributed by atoms with E-state index in [0.29, 0.717) is 16.3 Å². The summed E-state index contributed by atoms with van der Waals surface area (Å²) in [6, 6.07) is 5.25. The van der Waals surface area contributed by atoms with Crippen molar-refractivity contribution in [2.24, 2.45) is 11.8 Å². The van der Waals surface area contributed by atoms with Gasteiger partial charge in [0.15, 0.2) is 0 Å². The molecule has 0 heterocycles. The molecule has 1 saturated carbocycles. The molecule has 0 nitrogen and oxygen atoms in total. The van der Waals surface area contributed by atoms with E-state index in [1.807, 2.05) is 6.07 Å². The highest BCUT2D eigenvalue weighted by atomic mass is 79.9. The van der Waals surface area contributed by atoms with Gasteiger partial charge in [-0.05, 0) is 45.8 Å². The molecule has 0 spiro atoms. The van der Waals surface area contributed by atoms with Gasteiger partial charge in [0.2, 0.25) is 0 Å². The summed E-state index contributed by atoms with van der Waals surface area (Å²) in [5, 5.41) is 0. The van der Waals surface area contributed by atoms with E-state index >= 15 is 0 Å². The molecule has 0 saturated heterocycles. The van der Waals surface area contributed by atoms with Crippen LogP contribution in [0.4, 0.5) is 4.39 Å². The number of benzene rings is 1. The first-order valence-corrected chi connectivity index (χ1v) is 7.54. The third-order valence-corrected chi connectivity index (χ3v) is 5.06. The number of hydrogen-bond acceptors (Lipinski definition) is 0. The molecule has 0 N–H and O–H groups in total. The second-order valence-corrected chi connectivity index (χ2v) is 5.98. The van der Waals surface area contributed by atoms with Crippen molar-refractivity contribution in [2.75, 3.05) is 5.88 Å². The number of alkyl halides is 1. The molecule has 1 atom stereocenters. The number of halogens is 3. The Labute approximate surface area is 116 Å². The second kappa shape index (κ2) is 6.19. The molecule has 1 aliphatic rings. The predicted octanol–water partition coefficient (Wildman–Crippen LogP) is 5.18. The van der Waals surface area contributed by atoms with Gasteiger partial charge in [-0.3, -0.25) is 0 Å². The topological polar surface area (TPSA) is 0 Å². The Balaban J connectivity index is 2.09. The average Bonchev–Trinajstić information content (AvgIpc) is 2.85. The van der Waals surface area contributed by atoms with E-state index in [1.165, 1.54) is 31.7 Å². The summed E-state index contributed by atoms with van der Waals surface area (Å²) < 4.78 is 14.0. The van der Waals surface area contributed by atoms with Gasteiger partial charge in [-0.1, -0.05) is 37.8 Å². The fraction of sp³-hybridized carbons (Fsp3) is 0.571. The second-order valence-electron chi connectivity index (χ2n) is 4.88. The van der Waals surface area contributed by atoms with Crippen LogP contribution < -0.4 is 0 Å². The summed E-state index contributed by atoms with van der Waals surface area (Å²) in [5.74, 6) is 1.70. The molecule has 0 bridgehead atoms. The molecule has 0 aromatic heterocycles. The maximum atomic E-state index is 13.4. The van der Waals surface area contributed by atoms with E-state index in [9.17, 15) is 4.39 Å². The number of hydrogen-bond donors (Lipinski definition) is 0. The Hall–Kier alpha value is -0.0800. The molecule has 0 aliphatic heterocycles. The Kier molecular flexibility index (Phi) is 4.87. The van der Waals surface area contributed by atoms with Crippen LogP contribution in [0.3, 0.4) is 0 Å². The highest BCUT2D eigenvalue weighted by molar-refractivity contribution is 9.10. The zero-order valence-electron chi connectivity index (χ0n) is 9.76. The molecule has 17 heavy (non-hydrogen) atoms. The van der Waals surface area contributed by atoms with Gasteiger partial charge in [-0.15, -0.1) is 11.6 Å². The molecule has 0 radical (unpaired) electrons. The third-order valence-electron chi connectivity index (χ3n) is 3.78. The van der Waals surface area contributed by atoms with Crippen LogP contribution in [-0.4, -0.2) is 5.88 Å². The SMILES string of the molecule is Fc1cccc(CC(CCl)C2CCCC2)c1Br. The Bertz CT molecular complexity index is 374. The summed E-state index contributed by atoms with van der Waals surface area (Å²) >= 11 is 9.41. The van der Waals surface area contributed by atoms with Crippen LogP contribution in [-0.2, 0) is 6.42 Å². The molecular weight excluding hydrogens is 303 g/mol. The van der Waals surface area contributed by atoms with Gasteiger partial charge in [0.1, 0.15) is 5.82 Å². The average molecular weight is 320 g/mol. The van der Waals surface area contributed by atoms with Crippen LogP contribution in [0.1, 0.15) is 31.2 Å². The normalized spacial score (nSPS) is 18.5. The van der Waals surface area contributed by atoms with Gasteiger partial charge in [0.25, 0.3) is 0 Å². The predicted molar refractivity (Wildman–Crippen MR) is 74.0 cm³/mol. The zero-order chi connectivity index (χ0) is 12.3. The molecule has 1 aromatic carbocycles. The highest BCUT2D eigenvalue weighted by Gasteiger charge is 2.25. The van der Waals surface area contributed by atoms with Crippen molar-refractivity contribution in [3.05, 3.63) is 34.1 Å². The number of rotatable bonds is 4. The Morgan fingerprint density at radius 3 is 2.71 bits per heavy atom. The standard InChI is InChI=1S/C14H17BrClF/c15-14-11(6-3-7-13(14)17)8-12(9-16)10-4-1-2-5-10/h3,6-7,10,12H,1-2,4-5,8-9H2. The summed E-state index contributed by atoms with van der Waals surface area (Å²) in [5.41, 5.74) is 1.04. The van der Waals surface area contributed by atoms with Gasteiger partial charge in [-0.2, -0.15) is 0 Å². The first kappa shape index (κ1) is 13.4. The molecule has 94 valence electrons. The molecule has 0 amide bonds. The molecule has 1 aliphatic carbocycles. The lowest BCUT2D eigenvalue weighted by Gasteiger charge is -2.21. The molecule has 1 aromatic rings. The minimum Gasteiger partial charge on any atom is -0.206 e. The van der Waals surface area contributed by atoms with E-state index in [1.54, 1.807) is 6.07 Å². The van der Waals surface area contributed by atoms with E-state index in [4.69, 9.17) is 11.6 Å². The van der Waals surface area contributed by atoms with Crippen LogP contribution in [0.15, 0.2) is 22.7 Å². The zero-order valence-corrected chi connectivity index (χ0v) is 12.1. The van der Waals surface area contributed by atoms with Crippen LogP contribution in [0.5, 0.6) is 0 Å². The minimum atomic E-state index is -0.178. The summed E-state index contributed by atoms with van der Waals surface area (Å²) in [6.45, 7) is 0. The molecule has 2 rings (SSSR count).